The molecule has 0 bridgehead atoms. The lowest BCUT2D eigenvalue weighted by molar-refractivity contribution is 0.0516. The third kappa shape index (κ3) is 5.93. The van der Waals surface area contributed by atoms with Crippen LogP contribution in [0.15, 0.2) is 70.1 Å². The Hall–Kier alpha value is -3.60. The highest BCUT2D eigenvalue weighted by atomic mass is 79.9. The first kappa shape index (κ1) is 27.4. The molecule has 0 amide bonds. The highest BCUT2D eigenvalue weighted by Gasteiger charge is 2.28. The number of carbonyl (C=O) groups excluding carboxylic acids is 1. The maximum Gasteiger partial charge on any atom is 0.347 e. The summed E-state index contributed by atoms with van der Waals surface area (Å²) in [6.07, 6.45) is 0.660. The molecule has 0 radical (unpaired) electrons. The van der Waals surface area contributed by atoms with Crippen molar-refractivity contribution in [2.75, 3.05) is 13.2 Å². The molecule has 2 heterocycles. The molecule has 0 spiro atoms. The second-order valence-corrected chi connectivity index (χ2v) is 9.34. The number of aliphatic hydroxyl groups excluding tert-OH is 2. The van der Waals surface area contributed by atoms with E-state index < -0.39 is 24.2 Å². The highest BCUT2D eigenvalue weighted by Crippen LogP contribution is 2.34. The fourth-order valence-electron chi connectivity index (χ4n) is 4.02. The van der Waals surface area contributed by atoms with Gasteiger partial charge in [-0.15, -0.1) is 0 Å². The minimum Gasteiger partial charge on any atom is -0.485 e. The van der Waals surface area contributed by atoms with Crippen LogP contribution in [-0.2, 0) is 24.3 Å². The van der Waals surface area contributed by atoms with Crippen molar-refractivity contribution in [3.63, 3.8) is 0 Å². The summed E-state index contributed by atoms with van der Waals surface area (Å²) in [6, 6.07) is 15.2. The molecule has 8 nitrogen and oxygen atoms in total. The van der Waals surface area contributed by atoms with E-state index in [2.05, 4.69) is 20.9 Å². The number of ether oxygens (including phenoxy) is 2. The molecular formula is C28H26BrFN2O6. The van der Waals surface area contributed by atoms with Gasteiger partial charge in [0.1, 0.15) is 17.9 Å². The average Bonchev–Trinajstić information content (AvgIpc) is 2.92. The van der Waals surface area contributed by atoms with Gasteiger partial charge in [0.05, 0.1) is 31.4 Å². The summed E-state index contributed by atoms with van der Waals surface area (Å²) in [6.45, 7) is 0.796. The number of esters is 1. The Balaban J connectivity index is 1.94. The van der Waals surface area contributed by atoms with Gasteiger partial charge in [-0.05, 0) is 51.7 Å². The Bertz CT molecular complexity index is 1490. The van der Waals surface area contributed by atoms with Crippen molar-refractivity contribution in [1.29, 1.82) is 0 Å². The van der Waals surface area contributed by atoms with E-state index in [-0.39, 0.29) is 47.9 Å². The van der Waals surface area contributed by atoms with E-state index in [4.69, 9.17) is 9.47 Å². The number of carbonyl (C=O) groups is 1. The molecule has 38 heavy (non-hydrogen) atoms. The molecule has 4 rings (SSSR count). The largest absolute Gasteiger partial charge is 0.485 e. The van der Waals surface area contributed by atoms with Gasteiger partial charge in [0.25, 0.3) is 5.56 Å². The van der Waals surface area contributed by atoms with E-state index in [1.807, 2.05) is 30.3 Å². The zero-order valence-electron chi connectivity index (χ0n) is 20.6. The molecular weight excluding hydrogens is 559 g/mol. The molecule has 2 N–H and O–H groups in total. The Kier molecular flexibility index (Phi) is 8.88. The Labute approximate surface area is 226 Å². The lowest BCUT2D eigenvalue weighted by Gasteiger charge is -2.20. The predicted molar refractivity (Wildman–Crippen MR) is 143 cm³/mol. The second-order valence-electron chi connectivity index (χ2n) is 8.55. The monoisotopic (exact) mass is 584 g/mol. The number of pyridine rings is 2. The fraction of sp³-hybridized carbons (Fsp3) is 0.250. The average molecular weight is 585 g/mol. The van der Waals surface area contributed by atoms with E-state index in [1.165, 1.54) is 16.7 Å². The van der Waals surface area contributed by atoms with Crippen LogP contribution in [-0.4, -0.2) is 45.1 Å². The summed E-state index contributed by atoms with van der Waals surface area (Å²) in [7, 11) is 0. The molecule has 0 aliphatic carbocycles. The number of aromatic nitrogens is 2. The van der Waals surface area contributed by atoms with E-state index in [0.717, 1.165) is 11.1 Å². The number of nitrogens with zero attached hydrogens (tertiary/aromatic N) is 2. The van der Waals surface area contributed by atoms with E-state index >= 15 is 0 Å². The summed E-state index contributed by atoms with van der Waals surface area (Å²) in [5, 5.41) is 19.7. The molecule has 2 aromatic carbocycles. The van der Waals surface area contributed by atoms with Crippen LogP contribution in [0.25, 0.3) is 11.0 Å². The first-order valence-corrected chi connectivity index (χ1v) is 12.7. The molecule has 0 aliphatic rings. The Morgan fingerprint density at radius 1 is 1.13 bits per heavy atom. The van der Waals surface area contributed by atoms with Gasteiger partial charge in [-0.3, -0.25) is 9.78 Å². The molecule has 0 saturated heterocycles. The minimum atomic E-state index is -1.28. The van der Waals surface area contributed by atoms with Gasteiger partial charge in [0.2, 0.25) is 0 Å². The van der Waals surface area contributed by atoms with Gasteiger partial charge in [-0.2, -0.15) is 0 Å². The first-order chi connectivity index (χ1) is 18.3. The van der Waals surface area contributed by atoms with Gasteiger partial charge in [0, 0.05) is 17.1 Å². The normalized spacial score (nSPS) is 11.9. The summed E-state index contributed by atoms with van der Waals surface area (Å²) >= 11 is 3.58. The number of rotatable bonds is 10. The number of benzene rings is 2. The van der Waals surface area contributed by atoms with Gasteiger partial charge < -0.3 is 24.3 Å². The van der Waals surface area contributed by atoms with Crippen LogP contribution < -0.4 is 10.3 Å². The Morgan fingerprint density at radius 3 is 2.50 bits per heavy atom. The zero-order chi connectivity index (χ0) is 27.2. The summed E-state index contributed by atoms with van der Waals surface area (Å²) in [5.74, 6) is -1.29. The van der Waals surface area contributed by atoms with Crippen LogP contribution in [0.2, 0.25) is 0 Å². The molecule has 4 aromatic rings. The summed E-state index contributed by atoms with van der Waals surface area (Å²) in [5.41, 5.74) is 1.65. The standard InChI is InChI=1S/C28H26BrFN2O6/c1-2-37-28(36)22-26(38-16-18-6-4-3-5-7-18)24-25(32(27(22)35)14-21(34)15-33)23(29)19(13-31-24)12-17-8-10-20(30)11-9-17/h3-11,13,21,33-34H,2,12,14-16H2,1H3/t21-/m0/s1. The molecule has 0 fully saturated rings. The summed E-state index contributed by atoms with van der Waals surface area (Å²) < 4.78 is 26.3. The van der Waals surface area contributed by atoms with E-state index in [1.54, 1.807) is 25.3 Å². The van der Waals surface area contributed by atoms with Crippen molar-refractivity contribution in [1.82, 2.24) is 9.55 Å². The first-order valence-electron chi connectivity index (χ1n) is 11.9. The van der Waals surface area contributed by atoms with E-state index in [0.29, 0.717) is 16.5 Å². The van der Waals surface area contributed by atoms with E-state index in [9.17, 15) is 24.2 Å². The quantitative estimate of drug-likeness (QED) is 0.271. The van der Waals surface area contributed by atoms with Gasteiger partial charge in [-0.25, -0.2) is 9.18 Å². The predicted octanol–water partition coefficient (Wildman–Crippen LogP) is 4.00. The fourth-order valence-corrected chi connectivity index (χ4v) is 4.67. The van der Waals surface area contributed by atoms with Gasteiger partial charge >= 0.3 is 5.97 Å². The lowest BCUT2D eigenvalue weighted by Crippen LogP contribution is -2.34. The number of aliphatic hydroxyl groups is 2. The maximum absolute atomic E-state index is 13.7. The van der Waals surface area contributed by atoms with Crippen molar-refractivity contribution in [3.8, 4) is 5.75 Å². The molecule has 1 atom stereocenters. The molecule has 198 valence electrons. The van der Waals surface area contributed by atoms with Crippen LogP contribution in [0.1, 0.15) is 34.0 Å². The van der Waals surface area contributed by atoms with Crippen LogP contribution in [0.3, 0.4) is 0 Å². The second kappa shape index (κ2) is 12.3. The number of fused-ring (bicyclic) bond motifs is 1. The lowest BCUT2D eigenvalue weighted by atomic mass is 10.0. The van der Waals surface area contributed by atoms with Crippen molar-refractivity contribution in [2.45, 2.75) is 32.6 Å². The van der Waals surface area contributed by atoms with Crippen LogP contribution in [0.5, 0.6) is 5.75 Å². The van der Waals surface area contributed by atoms with Crippen LogP contribution >= 0.6 is 15.9 Å². The summed E-state index contributed by atoms with van der Waals surface area (Å²) in [4.78, 5) is 31.3. The van der Waals surface area contributed by atoms with Crippen molar-refractivity contribution in [2.24, 2.45) is 0 Å². The Morgan fingerprint density at radius 2 is 1.84 bits per heavy atom. The minimum absolute atomic E-state index is 0.0292. The number of hydrogen-bond donors (Lipinski definition) is 2. The van der Waals surface area contributed by atoms with Crippen molar-refractivity contribution in [3.05, 3.63) is 104 Å². The van der Waals surface area contributed by atoms with Crippen LogP contribution in [0, 0.1) is 5.82 Å². The SMILES string of the molecule is CCOC(=O)c1c(OCc2ccccc2)c2ncc(Cc3ccc(F)cc3)c(Br)c2n(C[C@H](O)CO)c1=O. The molecule has 0 saturated carbocycles. The van der Waals surface area contributed by atoms with Gasteiger partial charge in [0.15, 0.2) is 11.3 Å². The van der Waals surface area contributed by atoms with Gasteiger partial charge in [-0.1, -0.05) is 42.5 Å². The van der Waals surface area contributed by atoms with Crippen LogP contribution in [0.4, 0.5) is 4.39 Å². The highest BCUT2D eigenvalue weighted by molar-refractivity contribution is 9.10. The molecule has 0 unspecified atom stereocenters. The maximum atomic E-state index is 13.7. The number of halogens is 2. The third-order valence-corrected chi connectivity index (χ3v) is 6.74. The third-order valence-electron chi connectivity index (χ3n) is 5.85. The molecule has 0 aliphatic heterocycles. The van der Waals surface area contributed by atoms with Crippen molar-refractivity contribution < 1.29 is 28.9 Å². The smallest absolute Gasteiger partial charge is 0.347 e. The number of hydrogen-bond acceptors (Lipinski definition) is 7. The zero-order valence-corrected chi connectivity index (χ0v) is 22.2. The van der Waals surface area contributed by atoms with Crippen molar-refractivity contribution >= 4 is 32.9 Å². The molecule has 10 heteroatoms. The molecule has 2 aromatic heterocycles. The topological polar surface area (TPSA) is 111 Å².